The highest BCUT2D eigenvalue weighted by atomic mass is 127. The van der Waals surface area contributed by atoms with E-state index in [9.17, 15) is 13.2 Å². The Morgan fingerprint density at radius 1 is 1.23 bits per heavy atom. The molecule has 1 aliphatic carbocycles. The number of likely N-dealkylation sites (N-methyl/N-ethyl adjacent to an activating group) is 1. The van der Waals surface area contributed by atoms with E-state index in [1.54, 1.807) is 7.05 Å². The van der Waals surface area contributed by atoms with Crippen LogP contribution >= 0.6 is 24.0 Å². The van der Waals surface area contributed by atoms with Gasteiger partial charge in [-0.15, -0.1) is 24.0 Å². The van der Waals surface area contributed by atoms with E-state index in [4.69, 9.17) is 0 Å². The lowest BCUT2D eigenvalue weighted by Crippen LogP contribution is -2.45. The normalized spacial score (nSPS) is 16.2. The average Bonchev–Trinajstić information content (AvgIpc) is 3.39. The van der Waals surface area contributed by atoms with Crippen molar-refractivity contribution < 1.29 is 13.2 Å². The van der Waals surface area contributed by atoms with E-state index in [-0.39, 0.29) is 24.0 Å². The molecule has 0 aliphatic heterocycles. The van der Waals surface area contributed by atoms with E-state index in [2.05, 4.69) is 29.2 Å². The van der Waals surface area contributed by atoms with E-state index in [1.807, 2.05) is 11.9 Å². The molecule has 0 bridgehead atoms. The van der Waals surface area contributed by atoms with Gasteiger partial charge in [-0.25, -0.2) is 0 Å². The Morgan fingerprint density at radius 3 is 2.27 bits per heavy atom. The Morgan fingerprint density at radius 2 is 1.81 bits per heavy atom. The molecule has 1 aromatic rings. The fourth-order valence-electron chi connectivity index (χ4n) is 2.76. The van der Waals surface area contributed by atoms with Crippen molar-refractivity contribution in [3.05, 3.63) is 35.4 Å². The minimum Gasteiger partial charge on any atom is -0.355 e. The molecule has 148 valence electrons. The standard InChI is InChI=1S/C18H27F3N4.HI/c1-13(25(4)16-9-10-16)11-23-17(22-2)24(3)12-14-5-7-15(8-6-14)18(19,20)21;/h5-8,13,16H,9-12H2,1-4H3,(H,22,23);1H. The van der Waals surface area contributed by atoms with Gasteiger partial charge in [0.2, 0.25) is 0 Å². The van der Waals surface area contributed by atoms with Crippen molar-refractivity contribution in [1.82, 2.24) is 15.1 Å². The first-order chi connectivity index (χ1) is 11.7. The Balaban J connectivity index is 0.00000338. The largest absolute Gasteiger partial charge is 0.416 e. The fourth-order valence-corrected chi connectivity index (χ4v) is 2.76. The van der Waals surface area contributed by atoms with Crippen LogP contribution < -0.4 is 5.32 Å². The molecule has 0 heterocycles. The van der Waals surface area contributed by atoms with Gasteiger partial charge in [0.1, 0.15) is 0 Å². The maximum Gasteiger partial charge on any atom is 0.416 e. The minimum atomic E-state index is -4.30. The van der Waals surface area contributed by atoms with E-state index >= 15 is 0 Å². The van der Waals surface area contributed by atoms with Crippen LogP contribution in [0.1, 0.15) is 30.9 Å². The molecule has 1 aromatic carbocycles. The van der Waals surface area contributed by atoms with Crippen molar-refractivity contribution in [2.45, 2.75) is 44.6 Å². The van der Waals surface area contributed by atoms with E-state index in [0.29, 0.717) is 18.6 Å². The molecule has 1 saturated carbocycles. The number of hydrogen-bond acceptors (Lipinski definition) is 2. The summed E-state index contributed by atoms with van der Waals surface area (Å²) >= 11 is 0. The molecule has 0 spiro atoms. The second-order valence-corrected chi connectivity index (χ2v) is 6.72. The van der Waals surface area contributed by atoms with Crippen LogP contribution in [0.2, 0.25) is 0 Å². The third-order valence-electron chi connectivity index (χ3n) is 4.65. The van der Waals surface area contributed by atoms with Crippen LogP contribution in [0.15, 0.2) is 29.3 Å². The summed E-state index contributed by atoms with van der Waals surface area (Å²) in [4.78, 5) is 8.55. The number of benzene rings is 1. The zero-order chi connectivity index (χ0) is 18.6. The van der Waals surface area contributed by atoms with Crippen LogP contribution in [-0.4, -0.2) is 55.5 Å². The Hall–Kier alpha value is -1.03. The van der Waals surface area contributed by atoms with Crippen molar-refractivity contribution in [2.75, 3.05) is 27.7 Å². The van der Waals surface area contributed by atoms with E-state index < -0.39 is 11.7 Å². The Labute approximate surface area is 170 Å². The molecular weight excluding hydrogens is 456 g/mol. The second kappa shape index (κ2) is 9.77. The lowest BCUT2D eigenvalue weighted by atomic mass is 10.1. The highest BCUT2D eigenvalue weighted by molar-refractivity contribution is 14.0. The first-order valence-electron chi connectivity index (χ1n) is 8.52. The number of nitrogens with one attached hydrogen (secondary N) is 1. The average molecular weight is 484 g/mol. The summed E-state index contributed by atoms with van der Waals surface area (Å²) in [5.74, 6) is 0.732. The van der Waals surface area contributed by atoms with Gasteiger partial charge >= 0.3 is 6.18 Å². The van der Waals surface area contributed by atoms with Gasteiger partial charge in [0.15, 0.2) is 5.96 Å². The summed E-state index contributed by atoms with van der Waals surface area (Å²) in [6.45, 7) is 3.44. The summed E-state index contributed by atoms with van der Waals surface area (Å²) in [5.41, 5.74) is 0.181. The topological polar surface area (TPSA) is 30.9 Å². The number of aliphatic imine (C=N–C) groups is 1. The number of alkyl halides is 3. The smallest absolute Gasteiger partial charge is 0.355 e. The summed E-state index contributed by atoms with van der Waals surface area (Å²) < 4.78 is 37.9. The van der Waals surface area contributed by atoms with Crippen molar-refractivity contribution in [3.8, 4) is 0 Å². The zero-order valence-electron chi connectivity index (χ0n) is 15.7. The highest BCUT2D eigenvalue weighted by Crippen LogP contribution is 2.29. The molecule has 26 heavy (non-hydrogen) atoms. The predicted octanol–water partition coefficient (Wildman–Crippen LogP) is 3.81. The quantitative estimate of drug-likeness (QED) is 0.379. The summed E-state index contributed by atoms with van der Waals surface area (Å²) in [6.07, 6.45) is -1.77. The van der Waals surface area contributed by atoms with Crippen LogP contribution in [-0.2, 0) is 12.7 Å². The third-order valence-corrected chi connectivity index (χ3v) is 4.65. The first kappa shape index (κ1) is 23.0. The van der Waals surface area contributed by atoms with Gasteiger partial charge < -0.3 is 10.2 Å². The maximum atomic E-state index is 12.6. The number of rotatable bonds is 6. The fraction of sp³-hybridized carbons (Fsp3) is 0.611. The summed E-state index contributed by atoms with van der Waals surface area (Å²) in [7, 11) is 5.72. The van der Waals surface area contributed by atoms with Crippen LogP contribution in [0.4, 0.5) is 13.2 Å². The van der Waals surface area contributed by atoms with Gasteiger partial charge in [-0.1, -0.05) is 12.1 Å². The van der Waals surface area contributed by atoms with Crippen LogP contribution in [0.5, 0.6) is 0 Å². The minimum absolute atomic E-state index is 0. The SMILES string of the molecule is CN=C(NCC(C)N(C)C1CC1)N(C)Cc1ccc(C(F)(F)F)cc1.I. The van der Waals surface area contributed by atoms with Crippen molar-refractivity contribution in [1.29, 1.82) is 0 Å². The highest BCUT2D eigenvalue weighted by Gasteiger charge is 2.30. The van der Waals surface area contributed by atoms with Crippen LogP contribution in [0, 0.1) is 0 Å². The molecule has 1 atom stereocenters. The lowest BCUT2D eigenvalue weighted by molar-refractivity contribution is -0.137. The molecule has 4 nitrogen and oxygen atoms in total. The number of hydrogen-bond donors (Lipinski definition) is 1. The number of guanidine groups is 1. The zero-order valence-corrected chi connectivity index (χ0v) is 18.0. The Bertz CT molecular complexity index is 585. The molecule has 1 N–H and O–H groups in total. The molecule has 1 fully saturated rings. The lowest BCUT2D eigenvalue weighted by Gasteiger charge is -2.28. The molecule has 8 heteroatoms. The third kappa shape index (κ3) is 6.61. The van der Waals surface area contributed by atoms with E-state index in [0.717, 1.165) is 30.2 Å². The van der Waals surface area contributed by atoms with Crippen molar-refractivity contribution in [2.24, 2.45) is 4.99 Å². The van der Waals surface area contributed by atoms with Crippen molar-refractivity contribution in [3.63, 3.8) is 0 Å². The van der Waals surface area contributed by atoms with Gasteiger partial charge in [-0.05, 0) is 44.5 Å². The Kier molecular flexibility index (Phi) is 8.65. The van der Waals surface area contributed by atoms with Crippen LogP contribution in [0.25, 0.3) is 0 Å². The maximum absolute atomic E-state index is 12.6. The van der Waals surface area contributed by atoms with Gasteiger partial charge in [-0.2, -0.15) is 13.2 Å². The molecule has 1 aliphatic rings. The molecular formula is C18H28F3IN4. The number of nitrogens with zero attached hydrogens (tertiary/aromatic N) is 3. The monoisotopic (exact) mass is 484 g/mol. The molecule has 0 saturated heterocycles. The van der Waals surface area contributed by atoms with Crippen LogP contribution in [0.3, 0.4) is 0 Å². The molecule has 0 radical (unpaired) electrons. The van der Waals surface area contributed by atoms with Gasteiger partial charge in [0.25, 0.3) is 0 Å². The summed E-state index contributed by atoms with van der Waals surface area (Å²) in [5, 5.41) is 3.34. The second-order valence-electron chi connectivity index (χ2n) is 6.72. The molecule has 1 unspecified atom stereocenters. The van der Waals surface area contributed by atoms with Gasteiger partial charge in [0.05, 0.1) is 5.56 Å². The van der Waals surface area contributed by atoms with Gasteiger partial charge in [0, 0.05) is 39.3 Å². The molecule has 0 amide bonds. The predicted molar refractivity (Wildman–Crippen MR) is 110 cm³/mol. The van der Waals surface area contributed by atoms with Gasteiger partial charge in [-0.3, -0.25) is 9.89 Å². The van der Waals surface area contributed by atoms with E-state index in [1.165, 1.54) is 25.0 Å². The van der Waals surface area contributed by atoms with Crippen molar-refractivity contribution >= 4 is 29.9 Å². The first-order valence-corrected chi connectivity index (χ1v) is 8.52. The molecule has 0 aromatic heterocycles. The summed E-state index contributed by atoms with van der Waals surface area (Å²) in [6, 6.07) is 6.34. The molecule has 2 rings (SSSR count). The number of halogens is 4.